The van der Waals surface area contributed by atoms with Crippen LogP contribution in [0.25, 0.3) is 0 Å². The molecule has 2 aliphatic rings. The maximum absolute atomic E-state index is 13.3. The summed E-state index contributed by atoms with van der Waals surface area (Å²) in [5.41, 5.74) is 3.11. The molecule has 0 spiro atoms. The molecule has 1 saturated heterocycles. The Labute approximate surface area is 213 Å². The molecule has 0 unspecified atom stereocenters. The lowest BCUT2D eigenvalue weighted by Crippen LogP contribution is -2.30. The molecule has 0 saturated carbocycles. The van der Waals surface area contributed by atoms with Gasteiger partial charge in [0, 0.05) is 42.1 Å². The van der Waals surface area contributed by atoms with Gasteiger partial charge in [0.05, 0.1) is 23.9 Å². The third-order valence-electron chi connectivity index (χ3n) is 6.59. The molecule has 2 amide bonds. The molecule has 2 aliphatic heterocycles. The number of rotatable bonds is 5. The molecule has 35 heavy (non-hydrogen) atoms. The van der Waals surface area contributed by atoms with Crippen LogP contribution in [0, 0.1) is 0 Å². The smallest absolute Gasteiger partial charge is 0.257 e. The molecular weight excluding hydrogens is 484 g/mol. The summed E-state index contributed by atoms with van der Waals surface area (Å²) >= 11 is 7.79. The molecule has 1 fully saturated rings. The van der Waals surface area contributed by atoms with Crippen molar-refractivity contribution in [3.05, 3.63) is 74.7 Å². The molecule has 7 nitrogen and oxygen atoms in total. The van der Waals surface area contributed by atoms with E-state index in [-0.39, 0.29) is 17.9 Å². The lowest BCUT2D eigenvalue weighted by molar-refractivity contribution is 0.0735. The predicted octanol–water partition coefficient (Wildman–Crippen LogP) is 5.02. The quantitative estimate of drug-likeness (QED) is 0.521. The molecule has 9 heteroatoms. The van der Waals surface area contributed by atoms with Crippen LogP contribution in [-0.4, -0.2) is 53.8 Å². The van der Waals surface area contributed by atoms with Crippen molar-refractivity contribution in [1.29, 1.82) is 0 Å². The minimum atomic E-state index is -0.191. The monoisotopic (exact) mass is 510 g/mol. The van der Waals surface area contributed by atoms with Gasteiger partial charge in [-0.05, 0) is 55.8 Å². The van der Waals surface area contributed by atoms with E-state index >= 15 is 0 Å². The van der Waals surface area contributed by atoms with E-state index < -0.39 is 0 Å². The van der Waals surface area contributed by atoms with Gasteiger partial charge >= 0.3 is 0 Å². The van der Waals surface area contributed by atoms with E-state index in [1.54, 1.807) is 31.4 Å². The van der Waals surface area contributed by atoms with E-state index in [2.05, 4.69) is 22.2 Å². The molecule has 3 aromatic rings. The molecule has 3 heterocycles. The fourth-order valence-electron chi connectivity index (χ4n) is 4.75. The first kappa shape index (κ1) is 23.8. The van der Waals surface area contributed by atoms with Crippen LogP contribution in [0.2, 0.25) is 5.02 Å². The Bertz CT molecular complexity index is 1280. The van der Waals surface area contributed by atoms with Gasteiger partial charge in [0.2, 0.25) is 0 Å². The molecule has 1 N–H and O–H groups in total. The highest BCUT2D eigenvalue weighted by atomic mass is 35.5. The molecule has 182 valence electrons. The van der Waals surface area contributed by atoms with Gasteiger partial charge in [-0.15, -0.1) is 11.3 Å². The van der Waals surface area contributed by atoms with Crippen LogP contribution < -0.4 is 10.1 Å². The zero-order valence-corrected chi connectivity index (χ0v) is 21.3. The van der Waals surface area contributed by atoms with Crippen molar-refractivity contribution in [1.82, 2.24) is 14.8 Å². The van der Waals surface area contributed by atoms with Crippen LogP contribution >= 0.6 is 22.9 Å². The number of fused-ring (bicyclic) bond motifs is 1. The number of carbonyl (C=O) groups is 2. The minimum Gasteiger partial charge on any atom is -0.495 e. The van der Waals surface area contributed by atoms with Crippen molar-refractivity contribution in [3.63, 3.8) is 0 Å². The number of ether oxygens (including phenoxy) is 1. The number of methoxy groups -OCH3 is 1. The second kappa shape index (κ2) is 9.97. The number of amides is 2. The average molecular weight is 511 g/mol. The number of halogens is 1. The van der Waals surface area contributed by atoms with Crippen LogP contribution in [0.3, 0.4) is 0 Å². The maximum atomic E-state index is 13.3. The summed E-state index contributed by atoms with van der Waals surface area (Å²) in [6.07, 6.45) is 2.64. The van der Waals surface area contributed by atoms with E-state index in [4.69, 9.17) is 16.3 Å². The summed E-state index contributed by atoms with van der Waals surface area (Å²) in [6, 6.07) is 12.5. The van der Waals surface area contributed by atoms with Crippen LogP contribution in [-0.2, 0) is 13.0 Å². The second-order valence-electron chi connectivity index (χ2n) is 8.96. The SMILES string of the molecule is COc1ccc(C(=O)N2CCC[C@@H]2c2cccc(C(=O)Nc3nc4c(s3)CN(C)CC4)c2)cc1Cl. The van der Waals surface area contributed by atoms with Gasteiger partial charge in [-0.3, -0.25) is 14.9 Å². The number of carbonyl (C=O) groups excluding carboxylic acids is 2. The van der Waals surface area contributed by atoms with Crippen LogP contribution in [0.4, 0.5) is 5.13 Å². The average Bonchev–Trinajstić information content (AvgIpc) is 3.50. The van der Waals surface area contributed by atoms with Crippen LogP contribution in [0.1, 0.15) is 55.7 Å². The Kier molecular flexibility index (Phi) is 6.77. The molecular formula is C26H27ClN4O3S. The van der Waals surface area contributed by atoms with Crippen molar-refractivity contribution in [2.24, 2.45) is 0 Å². The Morgan fingerprint density at radius 1 is 1.17 bits per heavy atom. The van der Waals surface area contributed by atoms with Gasteiger partial charge in [-0.2, -0.15) is 0 Å². The fraction of sp³-hybridized carbons (Fsp3) is 0.346. The Hall–Kier alpha value is -2.94. The Morgan fingerprint density at radius 3 is 2.83 bits per heavy atom. The lowest BCUT2D eigenvalue weighted by Gasteiger charge is -2.25. The molecule has 1 atom stereocenters. The van der Waals surface area contributed by atoms with Crippen molar-refractivity contribution >= 4 is 39.9 Å². The summed E-state index contributed by atoms with van der Waals surface area (Å²) in [5.74, 6) is 0.266. The van der Waals surface area contributed by atoms with Gasteiger partial charge < -0.3 is 14.5 Å². The topological polar surface area (TPSA) is 74.8 Å². The first-order valence-electron chi connectivity index (χ1n) is 11.7. The highest BCUT2D eigenvalue weighted by Crippen LogP contribution is 2.35. The first-order chi connectivity index (χ1) is 16.9. The standard InChI is InChI=1S/C26H27ClN4O3S/c1-30-12-10-20-23(15-30)35-26(28-20)29-24(32)17-6-3-5-16(13-17)21-7-4-11-31(21)25(33)18-8-9-22(34-2)19(27)14-18/h3,5-6,8-9,13-14,21H,4,7,10-12,15H2,1-2H3,(H,28,29,32)/t21-/m1/s1. The van der Waals surface area contributed by atoms with E-state index in [9.17, 15) is 9.59 Å². The number of aromatic nitrogens is 1. The molecule has 5 rings (SSSR count). The molecule has 0 aliphatic carbocycles. The van der Waals surface area contributed by atoms with E-state index in [0.717, 1.165) is 43.6 Å². The van der Waals surface area contributed by atoms with Crippen LogP contribution in [0.5, 0.6) is 5.75 Å². The number of hydrogen-bond acceptors (Lipinski definition) is 6. The number of nitrogens with one attached hydrogen (secondary N) is 1. The summed E-state index contributed by atoms with van der Waals surface area (Å²) < 4.78 is 5.20. The van der Waals surface area contributed by atoms with Crippen molar-refractivity contribution in [2.45, 2.75) is 31.8 Å². The van der Waals surface area contributed by atoms with Crippen molar-refractivity contribution < 1.29 is 14.3 Å². The molecule has 0 radical (unpaired) electrons. The number of benzene rings is 2. The van der Waals surface area contributed by atoms with Crippen molar-refractivity contribution in [3.8, 4) is 5.75 Å². The van der Waals surface area contributed by atoms with E-state index in [0.29, 0.717) is 33.6 Å². The van der Waals surface area contributed by atoms with E-state index in [1.807, 2.05) is 23.1 Å². The number of likely N-dealkylation sites (N-methyl/N-ethyl adjacent to an activating group) is 1. The third-order valence-corrected chi connectivity index (χ3v) is 7.88. The second-order valence-corrected chi connectivity index (χ2v) is 10.5. The molecule has 1 aromatic heterocycles. The summed E-state index contributed by atoms with van der Waals surface area (Å²) in [6.45, 7) is 2.50. The number of nitrogens with zero attached hydrogens (tertiary/aromatic N) is 3. The zero-order valence-electron chi connectivity index (χ0n) is 19.7. The summed E-state index contributed by atoms with van der Waals surface area (Å²) in [7, 11) is 3.64. The number of thiazole rings is 1. The zero-order chi connectivity index (χ0) is 24.5. The highest BCUT2D eigenvalue weighted by molar-refractivity contribution is 7.15. The van der Waals surface area contributed by atoms with Gasteiger partial charge in [0.1, 0.15) is 5.75 Å². The Morgan fingerprint density at radius 2 is 2.03 bits per heavy atom. The van der Waals surface area contributed by atoms with E-state index in [1.165, 1.54) is 16.2 Å². The third kappa shape index (κ3) is 4.91. The maximum Gasteiger partial charge on any atom is 0.257 e. The summed E-state index contributed by atoms with van der Waals surface area (Å²) in [4.78, 5) is 36.3. The fourth-order valence-corrected chi connectivity index (χ4v) is 6.10. The van der Waals surface area contributed by atoms with Crippen LogP contribution in [0.15, 0.2) is 42.5 Å². The number of anilines is 1. The van der Waals surface area contributed by atoms with Gasteiger partial charge in [0.25, 0.3) is 11.8 Å². The number of hydrogen-bond donors (Lipinski definition) is 1. The normalized spacial score (nSPS) is 17.8. The summed E-state index contributed by atoms with van der Waals surface area (Å²) in [5, 5.41) is 4.01. The highest BCUT2D eigenvalue weighted by Gasteiger charge is 2.31. The molecule has 0 bridgehead atoms. The van der Waals surface area contributed by atoms with Crippen molar-refractivity contribution in [2.75, 3.05) is 32.6 Å². The lowest BCUT2D eigenvalue weighted by atomic mass is 10.0. The number of likely N-dealkylation sites (tertiary alicyclic amines) is 1. The predicted molar refractivity (Wildman–Crippen MR) is 138 cm³/mol. The van der Waals surface area contributed by atoms with Gasteiger partial charge in [-0.25, -0.2) is 4.98 Å². The minimum absolute atomic E-state index is 0.0785. The first-order valence-corrected chi connectivity index (χ1v) is 12.9. The largest absolute Gasteiger partial charge is 0.495 e. The van der Waals surface area contributed by atoms with Gasteiger partial charge in [0.15, 0.2) is 5.13 Å². The Balaban J connectivity index is 1.32. The van der Waals surface area contributed by atoms with Gasteiger partial charge in [-0.1, -0.05) is 23.7 Å². The molecule has 2 aromatic carbocycles.